The van der Waals surface area contributed by atoms with Gasteiger partial charge in [0.2, 0.25) is 5.82 Å². The highest BCUT2D eigenvalue weighted by atomic mass is 19.4. The quantitative estimate of drug-likeness (QED) is 0.479. The van der Waals surface area contributed by atoms with Crippen LogP contribution in [0.4, 0.5) is 24.7 Å². The summed E-state index contributed by atoms with van der Waals surface area (Å²) >= 11 is 0. The van der Waals surface area contributed by atoms with E-state index in [1.165, 1.54) is 6.92 Å². The molecule has 142 valence electrons. The highest BCUT2D eigenvalue weighted by molar-refractivity contribution is 5.96. The molecule has 0 spiro atoms. The van der Waals surface area contributed by atoms with E-state index in [4.69, 9.17) is 5.11 Å². The van der Waals surface area contributed by atoms with Gasteiger partial charge in [-0.05, 0) is 13.0 Å². The number of anilines is 1. The predicted molar refractivity (Wildman–Crippen MR) is 79.9 cm³/mol. The summed E-state index contributed by atoms with van der Waals surface area (Å²) < 4.78 is 43.9. The average Bonchev–Trinajstić information content (AvgIpc) is 2.98. The number of carbonyl (C=O) groups is 2. The fourth-order valence-corrected chi connectivity index (χ4v) is 2.87. The van der Waals surface area contributed by atoms with Crippen molar-refractivity contribution in [1.82, 2.24) is 4.98 Å². The summed E-state index contributed by atoms with van der Waals surface area (Å²) in [4.78, 5) is 38.2. The minimum Gasteiger partial charge on any atom is -0.481 e. The van der Waals surface area contributed by atoms with Crippen LogP contribution in [0.2, 0.25) is 0 Å². The summed E-state index contributed by atoms with van der Waals surface area (Å²) in [6.07, 6.45) is -4.80. The van der Waals surface area contributed by atoms with Crippen LogP contribution in [0.1, 0.15) is 16.1 Å². The van der Waals surface area contributed by atoms with Crippen molar-refractivity contribution < 1.29 is 37.5 Å². The molecule has 0 aromatic carbocycles. The van der Waals surface area contributed by atoms with Gasteiger partial charge in [0.1, 0.15) is 5.56 Å². The first kappa shape index (κ1) is 19.4. The monoisotopic (exact) mass is 377 g/mol. The molecular formula is C14H14F3N3O6. The molecule has 2 rings (SSSR count). The third-order valence-electron chi connectivity index (χ3n) is 4.05. The Kier molecular flexibility index (Phi) is 5.05. The van der Waals surface area contributed by atoms with Gasteiger partial charge in [-0.15, -0.1) is 0 Å². The van der Waals surface area contributed by atoms with Crippen molar-refractivity contribution in [3.05, 3.63) is 27.4 Å². The van der Waals surface area contributed by atoms with Crippen LogP contribution in [0.3, 0.4) is 0 Å². The highest BCUT2D eigenvalue weighted by Crippen LogP contribution is 2.41. The third-order valence-corrected chi connectivity index (χ3v) is 4.05. The molecule has 0 radical (unpaired) electrons. The van der Waals surface area contributed by atoms with E-state index in [9.17, 15) is 32.9 Å². The number of alkyl halides is 3. The lowest BCUT2D eigenvalue weighted by Gasteiger charge is -2.19. The maximum absolute atomic E-state index is 13.1. The number of carbonyl (C=O) groups excluding carboxylic acids is 1. The van der Waals surface area contributed by atoms with Gasteiger partial charge in [0.15, 0.2) is 0 Å². The van der Waals surface area contributed by atoms with Crippen molar-refractivity contribution in [3.8, 4) is 0 Å². The van der Waals surface area contributed by atoms with Crippen molar-refractivity contribution in [2.45, 2.75) is 13.1 Å². The molecule has 0 aliphatic carbocycles. The van der Waals surface area contributed by atoms with Crippen molar-refractivity contribution in [2.24, 2.45) is 11.8 Å². The van der Waals surface area contributed by atoms with Gasteiger partial charge in [0.05, 0.1) is 23.9 Å². The van der Waals surface area contributed by atoms with Gasteiger partial charge in [-0.2, -0.15) is 13.2 Å². The van der Waals surface area contributed by atoms with E-state index in [0.717, 1.165) is 18.1 Å². The summed E-state index contributed by atoms with van der Waals surface area (Å²) in [6, 6.07) is 1.08. The van der Waals surface area contributed by atoms with E-state index in [1.54, 1.807) is 0 Å². The molecule has 0 bridgehead atoms. The van der Waals surface area contributed by atoms with Gasteiger partial charge < -0.3 is 14.7 Å². The maximum atomic E-state index is 13.1. The molecule has 1 aliphatic heterocycles. The summed E-state index contributed by atoms with van der Waals surface area (Å²) in [5.41, 5.74) is -1.16. The molecule has 1 aliphatic rings. The number of nitro groups is 1. The molecular weight excluding hydrogens is 363 g/mol. The first-order chi connectivity index (χ1) is 12.0. The largest absolute Gasteiger partial charge is 0.481 e. The Labute approximate surface area is 144 Å². The lowest BCUT2D eigenvalue weighted by molar-refractivity contribution is -0.384. The van der Waals surface area contributed by atoms with Crippen LogP contribution in [0.25, 0.3) is 0 Å². The standard InChI is InChI=1S/C14H14F3N3O6/c1-6-3-7(13(23)26-2)10(20(24)25)11(18-6)19-4-8(12(21)22)9(5-19)14(15,16)17/h3,8-9H,4-5H2,1-2H3,(H,21,22)/t8-,9-/m1/s1. The zero-order chi connectivity index (χ0) is 19.8. The van der Waals surface area contributed by atoms with Crippen LogP contribution < -0.4 is 4.90 Å². The van der Waals surface area contributed by atoms with Crippen LogP contribution in [0.15, 0.2) is 6.07 Å². The minimum absolute atomic E-state index is 0.133. The second-order valence-corrected chi connectivity index (χ2v) is 5.73. The Hall–Kier alpha value is -2.92. The van der Waals surface area contributed by atoms with Crippen LogP contribution >= 0.6 is 0 Å². The van der Waals surface area contributed by atoms with Crippen LogP contribution in [0, 0.1) is 28.9 Å². The van der Waals surface area contributed by atoms with Gasteiger partial charge in [-0.25, -0.2) is 9.78 Å². The first-order valence-corrected chi connectivity index (χ1v) is 7.26. The smallest absolute Gasteiger partial charge is 0.394 e. The highest BCUT2D eigenvalue weighted by Gasteiger charge is 2.53. The number of ether oxygens (including phenoxy) is 1. The van der Waals surface area contributed by atoms with Gasteiger partial charge in [0, 0.05) is 18.8 Å². The lowest BCUT2D eigenvalue weighted by Crippen LogP contribution is -2.33. The van der Waals surface area contributed by atoms with Crippen molar-refractivity contribution in [1.29, 1.82) is 0 Å². The Bertz CT molecular complexity index is 767. The van der Waals surface area contributed by atoms with E-state index in [1.807, 2.05) is 0 Å². The molecule has 1 N–H and O–H groups in total. The predicted octanol–water partition coefficient (Wildman–Crippen LogP) is 1.78. The van der Waals surface area contributed by atoms with E-state index in [-0.39, 0.29) is 5.69 Å². The van der Waals surface area contributed by atoms with Crippen molar-refractivity contribution in [2.75, 3.05) is 25.1 Å². The number of nitrogens with zero attached hydrogens (tertiary/aromatic N) is 3. The van der Waals surface area contributed by atoms with Gasteiger partial charge in [0.25, 0.3) is 0 Å². The minimum atomic E-state index is -4.80. The number of esters is 1. The average molecular weight is 377 g/mol. The number of carboxylic acids is 1. The number of aromatic nitrogens is 1. The number of rotatable bonds is 4. The Morgan fingerprint density at radius 1 is 1.42 bits per heavy atom. The number of carboxylic acid groups (broad SMARTS) is 1. The van der Waals surface area contributed by atoms with Gasteiger partial charge in [-0.3, -0.25) is 14.9 Å². The number of aryl methyl sites for hydroxylation is 1. The van der Waals surface area contributed by atoms with Crippen molar-refractivity contribution >= 4 is 23.4 Å². The zero-order valence-corrected chi connectivity index (χ0v) is 13.6. The second-order valence-electron chi connectivity index (χ2n) is 5.73. The normalized spacial score (nSPS) is 20.1. The molecule has 12 heteroatoms. The molecule has 0 unspecified atom stereocenters. The van der Waals surface area contributed by atoms with Crippen LogP contribution in [-0.4, -0.2) is 53.3 Å². The molecule has 1 fully saturated rings. The van der Waals surface area contributed by atoms with E-state index < -0.39 is 65.0 Å². The molecule has 1 aromatic heterocycles. The summed E-state index contributed by atoms with van der Waals surface area (Å²) in [5, 5.41) is 20.5. The fourth-order valence-electron chi connectivity index (χ4n) is 2.87. The van der Waals surface area contributed by atoms with E-state index in [2.05, 4.69) is 9.72 Å². The van der Waals surface area contributed by atoms with Crippen LogP contribution in [0.5, 0.6) is 0 Å². The summed E-state index contributed by atoms with van der Waals surface area (Å²) in [6.45, 7) is -0.0541. The summed E-state index contributed by atoms with van der Waals surface area (Å²) in [5.74, 6) is -7.24. The Morgan fingerprint density at radius 2 is 2.04 bits per heavy atom. The van der Waals surface area contributed by atoms with Crippen molar-refractivity contribution in [3.63, 3.8) is 0 Å². The lowest BCUT2D eigenvalue weighted by atomic mass is 9.96. The first-order valence-electron chi connectivity index (χ1n) is 7.26. The zero-order valence-electron chi connectivity index (χ0n) is 13.6. The molecule has 26 heavy (non-hydrogen) atoms. The van der Waals surface area contributed by atoms with E-state index in [0.29, 0.717) is 0 Å². The number of halogens is 3. The molecule has 2 heterocycles. The van der Waals surface area contributed by atoms with Crippen LogP contribution in [-0.2, 0) is 9.53 Å². The topological polar surface area (TPSA) is 123 Å². The molecule has 9 nitrogen and oxygen atoms in total. The van der Waals surface area contributed by atoms with E-state index >= 15 is 0 Å². The number of hydrogen-bond donors (Lipinski definition) is 1. The Morgan fingerprint density at radius 3 is 2.46 bits per heavy atom. The number of methoxy groups -OCH3 is 1. The number of hydrogen-bond acceptors (Lipinski definition) is 7. The molecule has 0 amide bonds. The number of pyridine rings is 1. The van der Waals surface area contributed by atoms with Gasteiger partial charge >= 0.3 is 23.8 Å². The maximum Gasteiger partial charge on any atom is 0.394 e. The van der Waals surface area contributed by atoms with Gasteiger partial charge in [-0.1, -0.05) is 0 Å². The summed E-state index contributed by atoms with van der Waals surface area (Å²) in [7, 11) is 0.998. The second kappa shape index (κ2) is 6.77. The molecule has 1 saturated heterocycles. The number of aliphatic carboxylic acids is 1. The Balaban J connectivity index is 2.58. The molecule has 0 saturated carbocycles. The SMILES string of the molecule is COC(=O)c1cc(C)nc(N2C[C@@H](C(F)(F)F)[C@H](C(=O)O)C2)c1[N+](=O)[O-]. The third kappa shape index (κ3) is 3.53. The fraction of sp³-hybridized carbons (Fsp3) is 0.500. The molecule has 2 atom stereocenters. The molecule has 1 aromatic rings.